The van der Waals surface area contributed by atoms with Gasteiger partial charge in [-0.05, 0) is 78.9 Å². The number of esters is 1. The minimum absolute atomic E-state index is 0.00895. The van der Waals surface area contributed by atoms with Gasteiger partial charge in [-0.15, -0.1) is 0 Å². The van der Waals surface area contributed by atoms with E-state index in [9.17, 15) is 24.3 Å². The molecule has 2 aromatic carbocycles. The first-order valence-corrected chi connectivity index (χ1v) is 15.5. The predicted octanol–water partition coefficient (Wildman–Crippen LogP) is 5.60. The highest BCUT2D eigenvalue weighted by molar-refractivity contribution is 5.94. The van der Waals surface area contributed by atoms with Crippen molar-refractivity contribution in [3.05, 3.63) is 65.2 Å². The lowest BCUT2D eigenvalue weighted by Gasteiger charge is -2.35. The number of phenols is 1. The molecule has 0 radical (unpaired) electrons. The Balaban J connectivity index is 2.59. The summed E-state index contributed by atoms with van der Waals surface area (Å²) in [6.45, 7) is 17.7. The smallest absolute Gasteiger partial charge is 0.408 e. The highest BCUT2D eigenvalue weighted by Crippen LogP contribution is 2.33. The Labute approximate surface area is 267 Å². The van der Waals surface area contributed by atoms with Gasteiger partial charge in [0.05, 0.1) is 0 Å². The van der Waals surface area contributed by atoms with E-state index in [2.05, 4.69) is 10.6 Å². The van der Waals surface area contributed by atoms with Gasteiger partial charge in [0.15, 0.2) is 0 Å². The number of ether oxygens (including phenoxy) is 2. The molecule has 0 aromatic heterocycles. The second-order valence-corrected chi connectivity index (χ2v) is 13.7. The zero-order valence-corrected chi connectivity index (χ0v) is 28.4. The van der Waals surface area contributed by atoms with Crippen LogP contribution in [0.1, 0.15) is 91.5 Å². The van der Waals surface area contributed by atoms with E-state index in [-0.39, 0.29) is 36.6 Å². The largest absolute Gasteiger partial charge is 0.507 e. The average molecular weight is 626 g/mol. The van der Waals surface area contributed by atoms with Crippen LogP contribution in [0, 0.1) is 12.8 Å². The molecule has 0 fully saturated rings. The van der Waals surface area contributed by atoms with Crippen LogP contribution in [0.15, 0.2) is 48.5 Å². The van der Waals surface area contributed by atoms with E-state index >= 15 is 0 Å². The number of carbonyl (C=O) groups is 4. The monoisotopic (exact) mass is 625 g/mol. The van der Waals surface area contributed by atoms with E-state index in [4.69, 9.17) is 9.47 Å². The maximum atomic E-state index is 14.3. The zero-order chi connectivity index (χ0) is 34.1. The Kier molecular flexibility index (Phi) is 13.0. The van der Waals surface area contributed by atoms with Crippen molar-refractivity contribution in [2.24, 2.45) is 5.92 Å². The van der Waals surface area contributed by atoms with Crippen molar-refractivity contribution >= 4 is 23.9 Å². The molecule has 0 saturated heterocycles. The van der Waals surface area contributed by atoms with Crippen LogP contribution in [0.3, 0.4) is 0 Å². The van der Waals surface area contributed by atoms with Crippen molar-refractivity contribution in [3.63, 3.8) is 0 Å². The second-order valence-electron chi connectivity index (χ2n) is 13.7. The van der Waals surface area contributed by atoms with Crippen LogP contribution in [0.4, 0.5) is 4.79 Å². The molecule has 0 heterocycles. The normalized spacial score (nSPS) is 13.8. The fourth-order valence-electron chi connectivity index (χ4n) is 4.83. The lowest BCUT2D eigenvalue weighted by atomic mass is 9.97. The van der Waals surface area contributed by atoms with E-state index < -0.39 is 53.2 Å². The van der Waals surface area contributed by atoms with Crippen molar-refractivity contribution < 1.29 is 33.8 Å². The Morgan fingerprint density at radius 3 is 1.98 bits per heavy atom. The number of benzene rings is 2. The van der Waals surface area contributed by atoms with Crippen LogP contribution in [-0.2, 0) is 30.3 Å². The number of amides is 3. The van der Waals surface area contributed by atoms with Crippen LogP contribution in [-0.4, -0.2) is 63.7 Å². The van der Waals surface area contributed by atoms with Crippen molar-refractivity contribution in [2.75, 3.05) is 6.54 Å². The number of para-hydroxylation sites is 1. The molecular weight excluding hydrogens is 574 g/mol. The Morgan fingerprint density at radius 1 is 0.844 bits per heavy atom. The van der Waals surface area contributed by atoms with Gasteiger partial charge in [0.2, 0.25) is 11.8 Å². The molecule has 0 saturated carbocycles. The van der Waals surface area contributed by atoms with Gasteiger partial charge < -0.3 is 30.1 Å². The number of hydrogen-bond donors (Lipinski definition) is 3. The lowest BCUT2D eigenvalue weighted by Crippen LogP contribution is -2.55. The summed E-state index contributed by atoms with van der Waals surface area (Å²) in [4.78, 5) is 56.0. The standard InChI is InChI=1S/C35H51N3O7/c1-11-38(31(41)26(20-22(2)3)37-33(43)45-35(8,9)10)28(25-19-15-16-23(4)29(25)39)30(40)36-27(32(42)44-34(5,6)7)21-24-17-13-12-14-18-24/h12-19,22,26-28,39H,11,20-21H2,1-10H3,(H,36,40)(H,37,43). The van der Waals surface area contributed by atoms with Gasteiger partial charge >= 0.3 is 12.1 Å². The number of aryl methyl sites for hydroxylation is 1. The van der Waals surface area contributed by atoms with Gasteiger partial charge in [-0.2, -0.15) is 0 Å². The lowest BCUT2D eigenvalue weighted by molar-refractivity contribution is -0.159. The van der Waals surface area contributed by atoms with Gasteiger partial charge in [0, 0.05) is 18.5 Å². The maximum Gasteiger partial charge on any atom is 0.408 e. The van der Waals surface area contributed by atoms with Crippen LogP contribution < -0.4 is 10.6 Å². The minimum atomic E-state index is -1.33. The molecule has 0 spiro atoms. The summed E-state index contributed by atoms with van der Waals surface area (Å²) in [5.74, 6) is -1.99. The number of rotatable bonds is 12. The SMILES string of the molecule is CCN(C(=O)C(CC(C)C)NC(=O)OC(C)(C)C)C(C(=O)NC(Cc1ccccc1)C(=O)OC(C)(C)C)c1cccc(C)c1O. The molecule has 3 atom stereocenters. The second kappa shape index (κ2) is 15.8. The molecule has 2 aromatic rings. The molecule has 10 nitrogen and oxygen atoms in total. The number of aromatic hydroxyl groups is 1. The number of carbonyl (C=O) groups excluding carboxylic acids is 4. The quantitative estimate of drug-likeness (QED) is 0.262. The topological polar surface area (TPSA) is 134 Å². The molecule has 0 aliphatic carbocycles. The molecule has 3 N–H and O–H groups in total. The van der Waals surface area contributed by atoms with E-state index in [0.717, 1.165) is 5.56 Å². The summed E-state index contributed by atoms with van der Waals surface area (Å²) in [6.07, 6.45) is -0.341. The van der Waals surface area contributed by atoms with Crippen LogP contribution >= 0.6 is 0 Å². The van der Waals surface area contributed by atoms with E-state index in [0.29, 0.717) is 5.56 Å². The van der Waals surface area contributed by atoms with Crippen molar-refractivity contribution in [1.82, 2.24) is 15.5 Å². The molecule has 248 valence electrons. The van der Waals surface area contributed by atoms with Gasteiger partial charge in [0.1, 0.15) is 35.1 Å². The molecule has 0 aliphatic rings. The molecule has 45 heavy (non-hydrogen) atoms. The summed E-state index contributed by atoms with van der Waals surface area (Å²) in [5.41, 5.74) is -0.109. The Hall–Kier alpha value is -4.08. The number of likely N-dealkylation sites (N-methyl/N-ethyl adjacent to an activating group) is 1. The van der Waals surface area contributed by atoms with Gasteiger partial charge in [-0.1, -0.05) is 62.4 Å². The summed E-state index contributed by atoms with van der Waals surface area (Å²) in [5, 5.41) is 16.6. The molecular formula is C35H51N3O7. The predicted molar refractivity (Wildman–Crippen MR) is 174 cm³/mol. The molecule has 0 bridgehead atoms. The van der Waals surface area contributed by atoms with Gasteiger partial charge in [-0.25, -0.2) is 9.59 Å². The number of alkyl carbamates (subject to hydrolysis) is 1. The number of hydrogen-bond acceptors (Lipinski definition) is 7. The average Bonchev–Trinajstić information content (AvgIpc) is 2.90. The molecule has 10 heteroatoms. The van der Waals surface area contributed by atoms with E-state index in [1.54, 1.807) is 73.6 Å². The van der Waals surface area contributed by atoms with Crippen molar-refractivity contribution in [1.29, 1.82) is 0 Å². The third-order valence-electron chi connectivity index (χ3n) is 6.73. The fraction of sp³-hybridized carbons (Fsp3) is 0.543. The highest BCUT2D eigenvalue weighted by Gasteiger charge is 2.39. The first kappa shape index (κ1) is 37.1. The van der Waals surface area contributed by atoms with E-state index in [1.165, 1.54) is 4.90 Å². The first-order chi connectivity index (χ1) is 20.8. The summed E-state index contributed by atoms with van der Waals surface area (Å²) in [6, 6.07) is 10.7. The third kappa shape index (κ3) is 11.7. The number of phenolic OH excluding ortho intramolecular Hbond substituents is 1. The molecule has 0 aliphatic heterocycles. The van der Waals surface area contributed by atoms with Crippen LogP contribution in [0.25, 0.3) is 0 Å². The summed E-state index contributed by atoms with van der Waals surface area (Å²) < 4.78 is 11.1. The number of nitrogens with one attached hydrogen (secondary N) is 2. The summed E-state index contributed by atoms with van der Waals surface area (Å²) in [7, 11) is 0. The Morgan fingerprint density at radius 2 is 1.44 bits per heavy atom. The van der Waals surface area contributed by atoms with Crippen LogP contribution in [0.2, 0.25) is 0 Å². The van der Waals surface area contributed by atoms with Crippen LogP contribution in [0.5, 0.6) is 5.75 Å². The third-order valence-corrected chi connectivity index (χ3v) is 6.73. The molecule has 3 unspecified atom stereocenters. The minimum Gasteiger partial charge on any atom is -0.507 e. The summed E-state index contributed by atoms with van der Waals surface area (Å²) >= 11 is 0. The fourth-order valence-corrected chi connectivity index (χ4v) is 4.83. The van der Waals surface area contributed by atoms with E-state index in [1.807, 2.05) is 44.2 Å². The van der Waals surface area contributed by atoms with Crippen molar-refractivity contribution in [3.8, 4) is 5.75 Å². The molecule has 2 rings (SSSR count). The van der Waals surface area contributed by atoms with Gasteiger partial charge in [0.25, 0.3) is 0 Å². The highest BCUT2D eigenvalue weighted by atomic mass is 16.6. The van der Waals surface area contributed by atoms with Crippen molar-refractivity contribution in [2.45, 2.75) is 111 Å². The molecule has 3 amide bonds. The first-order valence-electron chi connectivity index (χ1n) is 15.5. The zero-order valence-electron chi connectivity index (χ0n) is 28.4. The maximum absolute atomic E-state index is 14.3. The number of nitrogens with zero attached hydrogens (tertiary/aromatic N) is 1. The van der Waals surface area contributed by atoms with Gasteiger partial charge in [-0.3, -0.25) is 9.59 Å². The Bertz CT molecular complexity index is 1310.